The summed E-state index contributed by atoms with van der Waals surface area (Å²) in [4.78, 5) is 12.9. The summed E-state index contributed by atoms with van der Waals surface area (Å²) in [7, 11) is 0. The zero-order valence-corrected chi connectivity index (χ0v) is 12.6. The topological polar surface area (TPSA) is 37.3 Å². The number of hydrogen-bond donors (Lipinski definition) is 1. The van der Waals surface area contributed by atoms with E-state index < -0.39 is 6.10 Å². The number of aryl methyl sites for hydroxylation is 2. The third-order valence-corrected chi connectivity index (χ3v) is 5.16. The van der Waals surface area contributed by atoms with Gasteiger partial charge in [0.2, 0.25) is 0 Å². The molecule has 2 nitrogen and oxygen atoms in total. The van der Waals surface area contributed by atoms with Crippen molar-refractivity contribution in [1.29, 1.82) is 0 Å². The Hall–Kier alpha value is -1.93. The first kappa shape index (κ1) is 13.7. The van der Waals surface area contributed by atoms with Crippen LogP contribution in [0.5, 0.6) is 0 Å². The first-order chi connectivity index (χ1) is 10.7. The molecule has 2 aliphatic carbocycles. The first-order valence-electron chi connectivity index (χ1n) is 8.16. The molecule has 0 saturated heterocycles. The Kier molecular flexibility index (Phi) is 3.34. The molecule has 0 radical (unpaired) electrons. The van der Waals surface area contributed by atoms with Gasteiger partial charge in [0.15, 0.2) is 5.78 Å². The molecule has 0 bridgehead atoms. The summed E-state index contributed by atoms with van der Waals surface area (Å²) in [6, 6.07) is 14.0. The maximum atomic E-state index is 12.9. The standard InChI is InChI=1S/C20H20O2/c21-19(16-10-9-13-5-1-2-6-14(13)11-16)18-12-15-7-3-4-8-17(15)20(18)22/h3-4,7-11,18,20,22H,1-2,5-6,12H2/t18-,20-/m0/s1. The molecule has 2 aromatic rings. The quantitative estimate of drug-likeness (QED) is 0.858. The number of fused-ring (bicyclic) bond motifs is 2. The van der Waals surface area contributed by atoms with Gasteiger partial charge in [-0.2, -0.15) is 0 Å². The fourth-order valence-electron chi connectivity index (χ4n) is 3.91. The number of ketones is 1. The van der Waals surface area contributed by atoms with Gasteiger partial charge in [0, 0.05) is 5.56 Å². The fourth-order valence-corrected chi connectivity index (χ4v) is 3.91. The Morgan fingerprint density at radius 3 is 2.55 bits per heavy atom. The maximum Gasteiger partial charge on any atom is 0.169 e. The molecule has 2 heteroatoms. The molecule has 0 fully saturated rings. The van der Waals surface area contributed by atoms with E-state index in [1.165, 1.54) is 24.0 Å². The molecule has 0 saturated carbocycles. The van der Waals surface area contributed by atoms with Crippen molar-refractivity contribution >= 4 is 5.78 Å². The molecule has 2 aromatic carbocycles. The van der Waals surface area contributed by atoms with Crippen LogP contribution in [0.15, 0.2) is 42.5 Å². The molecule has 2 atom stereocenters. The first-order valence-corrected chi connectivity index (χ1v) is 8.16. The highest BCUT2D eigenvalue weighted by atomic mass is 16.3. The van der Waals surface area contributed by atoms with Crippen molar-refractivity contribution in [2.75, 3.05) is 0 Å². The van der Waals surface area contributed by atoms with Crippen molar-refractivity contribution in [3.63, 3.8) is 0 Å². The monoisotopic (exact) mass is 292 g/mol. The van der Waals surface area contributed by atoms with Crippen LogP contribution in [-0.4, -0.2) is 10.9 Å². The molecule has 0 heterocycles. The van der Waals surface area contributed by atoms with Crippen LogP contribution in [0.2, 0.25) is 0 Å². The van der Waals surface area contributed by atoms with Gasteiger partial charge in [-0.1, -0.05) is 36.4 Å². The Bertz CT molecular complexity index is 732. The lowest BCUT2D eigenvalue weighted by Gasteiger charge is -2.18. The highest BCUT2D eigenvalue weighted by Gasteiger charge is 2.36. The molecule has 1 N–H and O–H groups in total. The average Bonchev–Trinajstić information content (AvgIpc) is 2.91. The minimum atomic E-state index is -0.667. The van der Waals surface area contributed by atoms with Crippen molar-refractivity contribution in [3.8, 4) is 0 Å². The minimum Gasteiger partial charge on any atom is -0.388 e. The van der Waals surface area contributed by atoms with E-state index in [1.807, 2.05) is 30.3 Å². The maximum absolute atomic E-state index is 12.9. The van der Waals surface area contributed by atoms with Gasteiger partial charge in [0.1, 0.15) is 0 Å². The van der Waals surface area contributed by atoms with E-state index in [2.05, 4.69) is 12.1 Å². The molecule has 0 aliphatic heterocycles. The molecular weight excluding hydrogens is 272 g/mol. The minimum absolute atomic E-state index is 0.0806. The van der Waals surface area contributed by atoms with Crippen LogP contribution in [0.25, 0.3) is 0 Å². The van der Waals surface area contributed by atoms with Gasteiger partial charge in [0.05, 0.1) is 12.0 Å². The molecule has 0 unspecified atom stereocenters. The molecule has 4 rings (SSSR count). The summed E-state index contributed by atoms with van der Waals surface area (Å²) in [6.07, 6.45) is 4.64. The van der Waals surface area contributed by atoms with Crippen molar-refractivity contribution in [2.24, 2.45) is 5.92 Å². The molecule has 0 spiro atoms. The number of aliphatic hydroxyl groups is 1. The second-order valence-corrected chi connectivity index (χ2v) is 6.51. The van der Waals surface area contributed by atoms with Crippen LogP contribution in [0.1, 0.15) is 51.6 Å². The van der Waals surface area contributed by atoms with Crippen molar-refractivity contribution < 1.29 is 9.90 Å². The zero-order chi connectivity index (χ0) is 15.1. The van der Waals surface area contributed by atoms with Gasteiger partial charge in [-0.25, -0.2) is 0 Å². The van der Waals surface area contributed by atoms with E-state index in [4.69, 9.17) is 0 Å². The number of aliphatic hydroxyl groups excluding tert-OH is 1. The molecule has 0 aromatic heterocycles. The van der Waals surface area contributed by atoms with Gasteiger partial charge in [0.25, 0.3) is 0 Å². The normalized spacial score (nSPS) is 23.0. The summed E-state index contributed by atoms with van der Waals surface area (Å²) < 4.78 is 0. The van der Waals surface area contributed by atoms with Gasteiger partial charge in [-0.15, -0.1) is 0 Å². The molecular formula is C20H20O2. The highest BCUT2D eigenvalue weighted by molar-refractivity contribution is 5.99. The molecule has 0 amide bonds. The van der Waals surface area contributed by atoms with Crippen LogP contribution in [-0.2, 0) is 19.3 Å². The van der Waals surface area contributed by atoms with Crippen molar-refractivity contribution in [3.05, 3.63) is 70.3 Å². The van der Waals surface area contributed by atoms with Crippen LogP contribution < -0.4 is 0 Å². The van der Waals surface area contributed by atoms with E-state index in [0.29, 0.717) is 6.42 Å². The Morgan fingerprint density at radius 1 is 0.955 bits per heavy atom. The Balaban J connectivity index is 1.63. The summed E-state index contributed by atoms with van der Waals surface area (Å²) in [5.41, 5.74) is 5.49. The summed E-state index contributed by atoms with van der Waals surface area (Å²) in [5.74, 6) is -0.254. The predicted molar refractivity (Wildman–Crippen MR) is 86.0 cm³/mol. The lowest BCUT2D eigenvalue weighted by atomic mass is 9.87. The van der Waals surface area contributed by atoms with Crippen LogP contribution in [0.3, 0.4) is 0 Å². The van der Waals surface area contributed by atoms with Crippen LogP contribution >= 0.6 is 0 Å². The summed E-state index contributed by atoms with van der Waals surface area (Å²) in [5, 5.41) is 10.5. The number of Topliss-reactive ketones (excluding diaryl/α,β-unsaturated/α-hetero) is 1. The van der Waals surface area contributed by atoms with E-state index in [-0.39, 0.29) is 11.7 Å². The van der Waals surface area contributed by atoms with Crippen LogP contribution in [0, 0.1) is 5.92 Å². The van der Waals surface area contributed by atoms with Gasteiger partial charge in [-0.05, 0) is 60.4 Å². The van der Waals surface area contributed by atoms with E-state index >= 15 is 0 Å². The number of carbonyl (C=O) groups excluding carboxylic acids is 1. The number of benzene rings is 2. The third-order valence-electron chi connectivity index (χ3n) is 5.16. The van der Waals surface area contributed by atoms with E-state index in [0.717, 1.165) is 29.5 Å². The highest BCUT2D eigenvalue weighted by Crippen LogP contribution is 2.38. The number of hydrogen-bond acceptors (Lipinski definition) is 2. The predicted octanol–water partition coefficient (Wildman–Crippen LogP) is 3.65. The third kappa shape index (κ3) is 2.19. The lowest BCUT2D eigenvalue weighted by Crippen LogP contribution is -2.20. The molecule has 22 heavy (non-hydrogen) atoms. The van der Waals surface area contributed by atoms with Gasteiger partial charge >= 0.3 is 0 Å². The van der Waals surface area contributed by atoms with Gasteiger partial charge < -0.3 is 5.11 Å². The van der Waals surface area contributed by atoms with E-state index in [9.17, 15) is 9.90 Å². The zero-order valence-electron chi connectivity index (χ0n) is 12.6. The largest absolute Gasteiger partial charge is 0.388 e. The molecule has 2 aliphatic rings. The van der Waals surface area contributed by atoms with Crippen molar-refractivity contribution in [2.45, 2.75) is 38.2 Å². The lowest BCUT2D eigenvalue weighted by molar-refractivity contribution is 0.0725. The number of carbonyl (C=O) groups is 1. The van der Waals surface area contributed by atoms with Crippen molar-refractivity contribution in [1.82, 2.24) is 0 Å². The number of rotatable bonds is 2. The average molecular weight is 292 g/mol. The van der Waals surface area contributed by atoms with Gasteiger partial charge in [-0.3, -0.25) is 4.79 Å². The summed E-state index contributed by atoms with van der Waals surface area (Å²) >= 11 is 0. The van der Waals surface area contributed by atoms with E-state index in [1.54, 1.807) is 0 Å². The molecule has 112 valence electrons. The second-order valence-electron chi connectivity index (χ2n) is 6.51. The fraction of sp³-hybridized carbons (Fsp3) is 0.350. The Morgan fingerprint density at radius 2 is 1.73 bits per heavy atom. The SMILES string of the molecule is O=C(c1ccc2c(c1)CCCC2)[C@@H]1Cc2ccccc2[C@@H]1O. The van der Waals surface area contributed by atoms with Crippen LogP contribution in [0.4, 0.5) is 0 Å². The summed E-state index contributed by atoms with van der Waals surface area (Å²) in [6.45, 7) is 0. The second kappa shape index (κ2) is 5.36. The smallest absolute Gasteiger partial charge is 0.169 e. The Labute approximate surface area is 130 Å².